The molecule has 0 spiro atoms. The predicted molar refractivity (Wildman–Crippen MR) is 70.0 cm³/mol. The average Bonchev–Trinajstić information content (AvgIpc) is 2.77. The maximum atomic E-state index is 11.6. The minimum absolute atomic E-state index is 0.187. The quantitative estimate of drug-likeness (QED) is 0.750. The SMILES string of the molecule is CCCn1ccnc1CNC(C(=O)OC)C(C)C. The number of nitrogens with one attached hydrogen (secondary N) is 1. The number of nitrogens with zero attached hydrogens (tertiary/aromatic N) is 2. The zero-order valence-electron chi connectivity index (χ0n) is 11.6. The molecule has 1 rings (SSSR count). The summed E-state index contributed by atoms with van der Waals surface area (Å²) in [6.45, 7) is 7.63. The summed E-state index contributed by atoms with van der Waals surface area (Å²) >= 11 is 0. The molecule has 0 aliphatic rings. The molecule has 0 aliphatic heterocycles. The molecule has 0 fully saturated rings. The smallest absolute Gasteiger partial charge is 0.323 e. The van der Waals surface area contributed by atoms with Crippen LogP contribution in [0.25, 0.3) is 0 Å². The van der Waals surface area contributed by atoms with Gasteiger partial charge in [0.15, 0.2) is 0 Å². The van der Waals surface area contributed by atoms with Crippen LogP contribution in [0, 0.1) is 5.92 Å². The van der Waals surface area contributed by atoms with Gasteiger partial charge in [0, 0.05) is 18.9 Å². The second-order valence-electron chi connectivity index (χ2n) is 4.66. The lowest BCUT2D eigenvalue weighted by atomic mass is 10.0. The van der Waals surface area contributed by atoms with Crippen LogP contribution >= 0.6 is 0 Å². The summed E-state index contributed by atoms with van der Waals surface area (Å²) in [6, 6.07) is -0.290. The Kier molecular flexibility index (Phi) is 5.85. The fraction of sp³-hybridized carbons (Fsp3) is 0.692. The molecule has 0 saturated carbocycles. The van der Waals surface area contributed by atoms with E-state index >= 15 is 0 Å². The second kappa shape index (κ2) is 7.16. The predicted octanol–water partition coefficient (Wildman–Crippen LogP) is 1.58. The van der Waals surface area contributed by atoms with Crippen LogP contribution in [-0.4, -0.2) is 28.7 Å². The number of imidazole rings is 1. The fourth-order valence-corrected chi connectivity index (χ4v) is 1.87. The van der Waals surface area contributed by atoms with E-state index in [1.54, 1.807) is 6.20 Å². The highest BCUT2D eigenvalue weighted by Gasteiger charge is 2.22. The van der Waals surface area contributed by atoms with Crippen molar-refractivity contribution >= 4 is 5.97 Å². The van der Waals surface area contributed by atoms with Gasteiger partial charge in [0.1, 0.15) is 11.9 Å². The van der Waals surface area contributed by atoms with Crippen LogP contribution < -0.4 is 5.32 Å². The zero-order valence-corrected chi connectivity index (χ0v) is 11.6. The van der Waals surface area contributed by atoms with Crippen molar-refractivity contribution < 1.29 is 9.53 Å². The summed E-state index contributed by atoms with van der Waals surface area (Å²) in [7, 11) is 1.41. The van der Waals surface area contributed by atoms with Crippen LogP contribution in [0.3, 0.4) is 0 Å². The molecular formula is C13H23N3O2. The monoisotopic (exact) mass is 253 g/mol. The number of aryl methyl sites for hydroxylation is 1. The molecule has 1 atom stereocenters. The molecule has 1 heterocycles. The van der Waals surface area contributed by atoms with Crippen molar-refractivity contribution in [2.24, 2.45) is 5.92 Å². The molecule has 1 aromatic heterocycles. The molecule has 0 amide bonds. The van der Waals surface area contributed by atoms with E-state index in [1.807, 2.05) is 20.0 Å². The molecule has 0 aliphatic carbocycles. The van der Waals surface area contributed by atoms with E-state index in [0.29, 0.717) is 6.54 Å². The van der Waals surface area contributed by atoms with Crippen LogP contribution in [0.2, 0.25) is 0 Å². The van der Waals surface area contributed by atoms with Gasteiger partial charge in [-0.1, -0.05) is 20.8 Å². The lowest BCUT2D eigenvalue weighted by Crippen LogP contribution is -2.41. The number of rotatable bonds is 7. The number of esters is 1. The Balaban J connectivity index is 2.61. The van der Waals surface area contributed by atoms with Crippen LogP contribution in [0.1, 0.15) is 33.0 Å². The molecule has 0 bridgehead atoms. The number of carbonyl (C=O) groups excluding carboxylic acids is 1. The van der Waals surface area contributed by atoms with Gasteiger partial charge in [-0.05, 0) is 12.3 Å². The molecule has 1 N–H and O–H groups in total. The summed E-state index contributed by atoms with van der Waals surface area (Å²) in [6.07, 6.45) is 4.81. The molecule has 0 radical (unpaired) electrons. The van der Waals surface area contributed by atoms with Crippen LogP contribution in [0.5, 0.6) is 0 Å². The van der Waals surface area contributed by atoms with Crippen LogP contribution in [0.15, 0.2) is 12.4 Å². The van der Waals surface area contributed by atoms with E-state index in [-0.39, 0.29) is 17.9 Å². The van der Waals surface area contributed by atoms with Gasteiger partial charge in [0.2, 0.25) is 0 Å². The van der Waals surface area contributed by atoms with E-state index < -0.39 is 0 Å². The minimum atomic E-state index is -0.290. The number of ether oxygens (including phenoxy) is 1. The molecule has 5 heteroatoms. The Bertz CT molecular complexity index is 374. The highest BCUT2D eigenvalue weighted by Crippen LogP contribution is 2.06. The van der Waals surface area contributed by atoms with Crippen molar-refractivity contribution in [1.82, 2.24) is 14.9 Å². The lowest BCUT2D eigenvalue weighted by Gasteiger charge is -2.19. The standard InChI is InChI=1S/C13H23N3O2/c1-5-7-16-8-6-14-11(16)9-15-12(10(2)3)13(17)18-4/h6,8,10,12,15H,5,7,9H2,1-4H3. The highest BCUT2D eigenvalue weighted by atomic mass is 16.5. The Morgan fingerprint density at radius 2 is 2.28 bits per heavy atom. The Morgan fingerprint density at radius 3 is 2.83 bits per heavy atom. The third-order valence-electron chi connectivity index (χ3n) is 2.87. The summed E-state index contributed by atoms with van der Waals surface area (Å²) in [5.41, 5.74) is 0. The van der Waals surface area contributed by atoms with Crippen molar-refractivity contribution in [3.05, 3.63) is 18.2 Å². The second-order valence-corrected chi connectivity index (χ2v) is 4.66. The topological polar surface area (TPSA) is 56.2 Å². The average molecular weight is 253 g/mol. The van der Waals surface area contributed by atoms with E-state index in [4.69, 9.17) is 4.74 Å². The number of hydrogen-bond donors (Lipinski definition) is 1. The number of hydrogen-bond acceptors (Lipinski definition) is 4. The Labute approximate surface area is 109 Å². The van der Waals surface area contributed by atoms with Gasteiger partial charge in [0.05, 0.1) is 13.7 Å². The van der Waals surface area contributed by atoms with Gasteiger partial charge in [0.25, 0.3) is 0 Å². The highest BCUT2D eigenvalue weighted by molar-refractivity contribution is 5.75. The first-order valence-corrected chi connectivity index (χ1v) is 6.41. The maximum Gasteiger partial charge on any atom is 0.323 e. The van der Waals surface area contributed by atoms with Gasteiger partial charge in [-0.2, -0.15) is 0 Å². The molecule has 102 valence electrons. The first-order chi connectivity index (χ1) is 8.60. The Morgan fingerprint density at radius 1 is 1.56 bits per heavy atom. The first-order valence-electron chi connectivity index (χ1n) is 6.41. The fourth-order valence-electron chi connectivity index (χ4n) is 1.87. The first kappa shape index (κ1) is 14.7. The molecular weight excluding hydrogens is 230 g/mol. The van der Waals surface area contributed by atoms with Crippen molar-refractivity contribution in [3.8, 4) is 0 Å². The minimum Gasteiger partial charge on any atom is -0.468 e. The van der Waals surface area contributed by atoms with Crippen LogP contribution in [0.4, 0.5) is 0 Å². The van der Waals surface area contributed by atoms with Crippen molar-refractivity contribution in [3.63, 3.8) is 0 Å². The lowest BCUT2D eigenvalue weighted by molar-refractivity contribution is -0.144. The van der Waals surface area contributed by atoms with E-state index in [0.717, 1.165) is 18.8 Å². The largest absolute Gasteiger partial charge is 0.468 e. The van der Waals surface area contributed by atoms with Crippen molar-refractivity contribution in [2.45, 2.75) is 46.3 Å². The van der Waals surface area contributed by atoms with Gasteiger partial charge in [-0.15, -0.1) is 0 Å². The van der Waals surface area contributed by atoms with Gasteiger partial charge < -0.3 is 9.30 Å². The zero-order chi connectivity index (χ0) is 13.5. The van der Waals surface area contributed by atoms with Gasteiger partial charge in [-0.3, -0.25) is 10.1 Å². The van der Waals surface area contributed by atoms with Crippen molar-refractivity contribution in [2.75, 3.05) is 7.11 Å². The molecule has 1 aromatic rings. The third-order valence-corrected chi connectivity index (χ3v) is 2.87. The molecule has 0 saturated heterocycles. The number of carbonyl (C=O) groups is 1. The van der Waals surface area contributed by atoms with E-state index in [9.17, 15) is 4.79 Å². The van der Waals surface area contributed by atoms with E-state index in [2.05, 4.69) is 21.8 Å². The summed E-state index contributed by atoms with van der Waals surface area (Å²) in [4.78, 5) is 15.9. The van der Waals surface area contributed by atoms with E-state index in [1.165, 1.54) is 7.11 Å². The molecule has 5 nitrogen and oxygen atoms in total. The number of methoxy groups -OCH3 is 1. The molecule has 18 heavy (non-hydrogen) atoms. The van der Waals surface area contributed by atoms with Gasteiger partial charge >= 0.3 is 5.97 Å². The van der Waals surface area contributed by atoms with Crippen LogP contribution in [-0.2, 0) is 22.6 Å². The van der Waals surface area contributed by atoms with Gasteiger partial charge in [-0.25, -0.2) is 4.98 Å². The Hall–Kier alpha value is -1.36. The number of aromatic nitrogens is 2. The molecule has 0 aromatic carbocycles. The maximum absolute atomic E-state index is 11.6. The summed E-state index contributed by atoms with van der Waals surface area (Å²) in [5.74, 6) is 0.914. The summed E-state index contributed by atoms with van der Waals surface area (Å²) < 4.78 is 6.89. The normalized spacial score (nSPS) is 12.7. The summed E-state index contributed by atoms with van der Waals surface area (Å²) in [5, 5.41) is 3.21. The third kappa shape index (κ3) is 3.84. The van der Waals surface area contributed by atoms with Crippen molar-refractivity contribution in [1.29, 1.82) is 0 Å². The molecule has 1 unspecified atom stereocenters.